The van der Waals surface area contributed by atoms with Crippen molar-refractivity contribution in [3.63, 3.8) is 0 Å². The Hall–Kier alpha value is -3.17. The Morgan fingerprint density at radius 3 is 2.57 bits per heavy atom. The van der Waals surface area contributed by atoms with Crippen LogP contribution in [0.3, 0.4) is 0 Å². The van der Waals surface area contributed by atoms with Crippen molar-refractivity contribution in [1.82, 2.24) is 14.7 Å². The monoisotopic (exact) mass is 395 g/mol. The van der Waals surface area contributed by atoms with E-state index in [2.05, 4.69) is 5.10 Å². The number of rotatable bonds is 3. The van der Waals surface area contributed by atoms with Gasteiger partial charge < -0.3 is 10.0 Å². The first-order valence-corrected chi connectivity index (χ1v) is 8.38. The summed E-state index contributed by atoms with van der Waals surface area (Å²) in [5, 5.41) is 13.0. The molecule has 1 atom stereocenters. The standard InChI is InChI=1S/C18H16F3N3O4/c1-10-7-14(25)15(16(26)23-6-5-11(9-23)17(27)28)22-24(10)13-4-2-3-12(8-13)18(19,20)21/h2-4,7-8,11H,5-6,9H2,1H3,(H,27,28). The van der Waals surface area contributed by atoms with Crippen molar-refractivity contribution in [2.75, 3.05) is 13.1 Å². The number of aromatic nitrogens is 2. The third-order valence-electron chi connectivity index (χ3n) is 4.55. The van der Waals surface area contributed by atoms with Crippen molar-refractivity contribution in [1.29, 1.82) is 0 Å². The van der Waals surface area contributed by atoms with Crippen molar-refractivity contribution in [3.8, 4) is 5.69 Å². The third-order valence-corrected chi connectivity index (χ3v) is 4.55. The Labute approximate surface area is 157 Å². The van der Waals surface area contributed by atoms with Gasteiger partial charge in [0, 0.05) is 24.8 Å². The van der Waals surface area contributed by atoms with Crippen LogP contribution in [0.25, 0.3) is 5.69 Å². The fraction of sp³-hybridized carbons (Fsp3) is 0.333. The fourth-order valence-electron chi connectivity index (χ4n) is 3.07. The number of likely N-dealkylation sites (tertiary alicyclic amines) is 1. The number of carbonyl (C=O) groups excluding carboxylic acids is 1. The average Bonchev–Trinajstić information content (AvgIpc) is 3.11. The van der Waals surface area contributed by atoms with Crippen molar-refractivity contribution < 1.29 is 27.9 Å². The molecule has 0 bridgehead atoms. The maximum absolute atomic E-state index is 13.0. The normalized spacial score (nSPS) is 17.0. The number of alkyl halides is 3. The smallest absolute Gasteiger partial charge is 0.416 e. The molecule has 1 N–H and O–H groups in total. The Balaban J connectivity index is 1.99. The number of amides is 1. The molecule has 1 aromatic carbocycles. The van der Waals surface area contributed by atoms with Gasteiger partial charge in [-0.3, -0.25) is 14.4 Å². The molecule has 1 fully saturated rings. The van der Waals surface area contributed by atoms with Crippen LogP contribution in [-0.2, 0) is 11.0 Å². The van der Waals surface area contributed by atoms with Crippen LogP contribution in [-0.4, -0.2) is 44.8 Å². The summed E-state index contributed by atoms with van der Waals surface area (Å²) in [7, 11) is 0. The number of carboxylic acids is 1. The molecule has 0 aliphatic carbocycles. The van der Waals surface area contributed by atoms with Crippen molar-refractivity contribution >= 4 is 11.9 Å². The maximum atomic E-state index is 13.0. The lowest BCUT2D eigenvalue weighted by atomic mass is 10.1. The molecule has 148 valence electrons. The molecular weight excluding hydrogens is 379 g/mol. The molecule has 1 aliphatic rings. The highest BCUT2D eigenvalue weighted by molar-refractivity contribution is 5.92. The van der Waals surface area contributed by atoms with Gasteiger partial charge in [-0.1, -0.05) is 6.07 Å². The van der Waals surface area contributed by atoms with E-state index in [-0.39, 0.29) is 30.9 Å². The van der Waals surface area contributed by atoms with Gasteiger partial charge in [0.2, 0.25) is 5.43 Å². The van der Waals surface area contributed by atoms with Gasteiger partial charge in [0.25, 0.3) is 5.91 Å². The minimum Gasteiger partial charge on any atom is -0.481 e. The SMILES string of the molecule is Cc1cc(=O)c(C(=O)N2CCC(C(=O)O)C2)nn1-c1cccc(C(F)(F)F)c1. The molecular formula is C18H16F3N3O4. The Kier molecular flexibility index (Phi) is 4.97. The maximum Gasteiger partial charge on any atom is 0.416 e. The molecule has 10 heteroatoms. The Morgan fingerprint density at radius 2 is 1.96 bits per heavy atom. The fourth-order valence-corrected chi connectivity index (χ4v) is 3.07. The zero-order valence-electron chi connectivity index (χ0n) is 14.7. The van der Waals surface area contributed by atoms with E-state index in [9.17, 15) is 27.6 Å². The van der Waals surface area contributed by atoms with Gasteiger partial charge in [-0.2, -0.15) is 18.3 Å². The lowest BCUT2D eigenvalue weighted by Crippen LogP contribution is -2.35. The largest absolute Gasteiger partial charge is 0.481 e. The van der Waals surface area contributed by atoms with E-state index in [0.717, 1.165) is 22.9 Å². The van der Waals surface area contributed by atoms with Crippen molar-refractivity contribution in [3.05, 3.63) is 57.5 Å². The van der Waals surface area contributed by atoms with Gasteiger partial charge in [0.15, 0.2) is 5.69 Å². The van der Waals surface area contributed by atoms with E-state index in [0.29, 0.717) is 0 Å². The van der Waals surface area contributed by atoms with Gasteiger partial charge in [0.1, 0.15) is 0 Å². The summed E-state index contributed by atoms with van der Waals surface area (Å²) in [6.45, 7) is 1.60. The molecule has 2 aromatic rings. The highest BCUT2D eigenvalue weighted by Crippen LogP contribution is 2.30. The molecule has 28 heavy (non-hydrogen) atoms. The second-order valence-corrected chi connectivity index (χ2v) is 6.53. The summed E-state index contributed by atoms with van der Waals surface area (Å²) in [5.41, 5.74) is -1.72. The first-order chi connectivity index (χ1) is 13.1. The molecule has 1 aliphatic heterocycles. The van der Waals surface area contributed by atoms with E-state index >= 15 is 0 Å². The second kappa shape index (κ2) is 7.10. The summed E-state index contributed by atoms with van der Waals surface area (Å²) in [6, 6.07) is 5.48. The predicted molar refractivity (Wildman–Crippen MR) is 91.2 cm³/mol. The number of aliphatic carboxylic acids is 1. The van der Waals surface area contributed by atoms with E-state index in [1.54, 1.807) is 0 Å². The van der Waals surface area contributed by atoms with E-state index in [4.69, 9.17) is 5.11 Å². The van der Waals surface area contributed by atoms with Crippen LogP contribution in [0.15, 0.2) is 35.1 Å². The summed E-state index contributed by atoms with van der Waals surface area (Å²) < 4.78 is 40.0. The number of aryl methyl sites for hydroxylation is 1. The van der Waals surface area contributed by atoms with Crippen LogP contribution in [0.4, 0.5) is 13.2 Å². The molecule has 1 unspecified atom stereocenters. The quantitative estimate of drug-likeness (QED) is 0.859. The van der Waals surface area contributed by atoms with Gasteiger partial charge in [0.05, 0.1) is 17.2 Å². The summed E-state index contributed by atoms with van der Waals surface area (Å²) in [4.78, 5) is 37.2. The minimum atomic E-state index is -4.55. The summed E-state index contributed by atoms with van der Waals surface area (Å²) >= 11 is 0. The first-order valence-electron chi connectivity index (χ1n) is 8.38. The lowest BCUT2D eigenvalue weighted by molar-refractivity contribution is -0.141. The number of carboxylic acid groups (broad SMARTS) is 1. The highest BCUT2D eigenvalue weighted by atomic mass is 19.4. The second-order valence-electron chi connectivity index (χ2n) is 6.53. The molecule has 0 spiro atoms. The van der Waals surface area contributed by atoms with Crippen LogP contribution in [0.1, 0.15) is 28.2 Å². The zero-order chi connectivity index (χ0) is 20.6. The third kappa shape index (κ3) is 3.75. The predicted octanol–water partition coefficient (Wildman–Crippen LogP) is 2.11. The first kappa shape index (κ1) is 19.6. The molecule has 3 rings (SSSR count). The lowest BCUT2D eigenvalue weighted by Gasteiger charge is -2.17. The van der Waals surface area contributed by atoms with Crippen LogP contribution >= 0.6 is 0 Å². The number of carbonyl (C=O) groups is 2. The number of hydrogen-bond acceptors (Lipinski definition) is 4. The van der Waals surface area contributed by atoms with Crippen molar-refractivity contribution in [2.24, 2.45) is 5.92 Å². The number of benzene rings is 1. The van der Waals surface area contributed by atoms with Gasteiger partial charge in [-0.25, -0.2) is 4.68 Å². The van der Waals surface area contributed by atoms with Crippen LogP contribution < -0.4 is 5.43 Å². The zero-order valence-corrected chi connectivity index (χ0v) is 14.7. The number of nitrogens with zero attached hydrogens (tertiary/aromatic N) is 3. The van der Waals surface area contributed by atoms with E-state index in [1.807, 2.05) is 0 Å². The van der Waals surface area contributed by atoms with Crippen molar-refractivity contribution in [2.45, 2.75) is 19.5 Å². The van der Waals surface area contributed by atoms with Crippen LogP contribution in [0.5, 0.6) is 0 Å². The molecule has 7 nitrogen and oxygen atoms in total. The minimum absolute atomic E-state index is 0.0474. The Morgan fingerprint density at radius 1 is 1.25 bits per heavy atom. The van der Waals surface area contributed by atoms with Crippen LogP contribution in [0.2, 0.25) is 0 Å². The average molecular weight is 395 g/mol. The number of halogens is 3. The van der Waals surface area contributed by atoms with Gasteiger partial charge in [-0.05, 0) is 31.5 Å². The highest BCUT2D eigenvalue weighted by Gasteiger charge is 2.33. The molecule has 0 saturated carbocycles. The van der Waals surface area contributed by atoms with E-state index in [1.165, 1.54) is 24.0 Å². The molecule has 2 heterocycles. The van der Waals surface area contributed by atoms with Gasteiger partial charge in [-0.15, -0.1) is 0 Å². The molecule has 0 radical (unpaired) electrons. The summed E-state index contributed by atoms with van der Waals surface area (Å²) in [6.07, 6.45) is -4.29. The van der Waals surface area contributed by atoms with Gasteiger partial charge >= 0.3 is 12.1 Å². The number of hydrogen-bond donors (Lipinski definition) is 1. The van der Waals surface area contributed by atoms with E-state index < -0.39 is 40.7 Å². The summed E-state index contributed by atoms with van der Waals surface area (Å²) in [5.74, 6) is -2.50. The molecule has 1 saturated heterocycles. The molecule has 1 amide bonds. The Bertz CT molecular complexity index is 1000. The topological polar surface area (TPSA) is 92.5 Å². The molecule has 1 aromatic heterocycles. The van der Waals surface area contributed by atoms with Crippen LogP contribution in [0, 0.1) is 12.8 Å².